The summed E-state index contributed by atoms with van der Waals surface area (Å²) in [4.78, 5) is 11.3. The van der Waals surface area contributed by atoms with Gasteiger partial charge in [0.15, 0.2) is 17.3 Å². The smallest absolute Gasteiger partial charge is 0.231 e. The molecule has 0 aliphatic carbocycles. The van der Waals surface area contributed by atoms with Crippen LogP contribution in [-0.2, 0) is 12.8 Å². The lowest BCUT2D eigenvalue weighted by Crippen LogP contribution is -1.93. The van der Waals surface area contributed by atoms with Crippen LogP contribution >= 0.6 is 0 Å². The van der Waals surface area contributed by atoms with Crippen LogP contribution in [0.1, 0.15) is 54.1 Å². The lowest BCUT2D eigenvalue weighted by atomic mass is 10.0. The van der Waals surface area contributed by atoms with E-state index in [1.54, 1.807) is 6.92 Å². The first-order valence-corrected chi connectivity index (χ1v) is 8.71. The molecule has 0 N–H and O–H groups in total. The summed E-state index contributed by atoms with van der Waals surface area (Å²) in [6.07, 6.45) is 7.04. The second-order valence-electron chi connectivity index (χ2n) is 6.35. The monoisotopic (exact) mass is 324 g/mol. The van der Waals surface area contributed by atoms with Gasteiger partial charge in [0.2, 0.25) is 6.79 Å². The molecule has 0 saturated carbocycles. The molecule has 24 heavy (non-hydrogen) atoms. The Morgan fingerprint density at radius 2 is 1.46 bits per heavy atom. The highest BCUT2D eigenvalue weighted by molar-refractivity contribution is 5.93. The average molecular weight is 324 g/mol. The SMILES string of the molecule is CC(=O)c1ccc(CCCCCCc2ccc3c(c2)OCO3)cc1. The number of unbranched alkanes of at least 4 members (excludes halogenated alkanes) is 3. The summed E-state index contributed by atoms with van der Waals surface area (Å²) in [5.41, 5.74) is 3.43. The summed E-state index contributed by atoms with van der Waals surface area (Å²) < 4.78 is 10.7. The summed E-state index contributed by atoms with van der Waals surface area (Å²) in [6, 6.07) is 14.2. The molecule has 1 aliphatic rings. The highest BCUT2D eigenvalue weighted by Crippen LogP contribution is 2.32. The topological polar surface area (TPSA) is 35.5 Å². The van der Waals surface area contributed by atoms with Gasteiger partial charge in [-0.15, -0.1) is 0 Å². The Hall–Kier alpha value is -2.29. The van der Waals surface area contributed by atoms with E-state index < -0.39 is 0 Å². The van der Waals surface area contributed by atoms with Gasteiger partial charge in [0.05, 0.1) is 0 Å². The largest absolute Gasteiger partial charge is 0.454 e. The van der Waals surface area contributed by atoms with Crippen molar-refractivity contribution < 1.29 is 14.3 Å². The molecule has 1 heterocycles. The number of hydrogen-bond donors (Lipinski definition) is 0. The van der Waals surface area contributed by atoms with Gasteiger partial charge < -0.3 is 9.47 Å². The fourth-order valence-electron chi connectivity index (χ4n) is 3.01. The van der Waals surface area contributed by atoms with E-state index in [1.807, 2.05) is 18.2 Å². The number of hydrogen-bond acceptors (Lipinski definition) is 3. The average Bonchev–Trinajstić information content (AvgIpc) is 3.06. The predicted molar refractivity (Wildman–Crippen MR) is 94.9 cm³/mol. The molecule has 0 aromatic heterocycles. The lowest BCUT2D eigenvalue weighted by Gasteiger charge is -2.05. The van der Waals surface area contributed by atoms with Crippen molar-refractivity contribution in [3.8, 4) is 11.5 Å². The maximum absolute atomic E-state index is 11.3. The number of rotatable bonds is 8. The zero-order valence-electron chi connectivity index (χ0n) is 14.2. The van der Waals surface area contributed by atoms with Crippen molar-refractivity contribution in [1.82, 2.24) is 0 Å². The van der Waals surface area contributed by atoms with Crippen LogP contribution in [0.15, 0.2) is 42.5 Å². The third kappa shape index (κ3) is 4.38. The fraction of sp³-hybridized carbons (Fsp3) is 0.381. The van der Waals surface area contributed by atoms with Crippen molar-refractivity contribution in [3.63, 3.8) is 0 Å². The zero-order chi connectivity index (χ0) is 16.8. The molecule has 3 heteroatoms. The second kappa shape index (κ2) is 8.00. The molecule has 0 saturated heterocycles. The van der Waals surface area contributed by atoms with E-state index in [0.717, 1.165) is 29.9 Å². The summed E-state index contributed by atoms with van der Waals surface area (Å²) >= 11 is 0. The molecule has 0 fully saturated rings. The fourth-order valence-corrected chi connectivity index (χ4v) is 3.01. The van der Waals surface area contributed by atoms with Gasteiger partial charge in [-0.2, -0.15) is 0 Å². The van der Waals surface area contributed by atoms with E-state index >= 15 is 0 Å². The van der Waals surface area contributed by atoms with Gasteiger partial charge in [0.1, 0.15) is 0 Å². The summed E-state index contributed by atoms with van der Waals surface area (Å²) in [5.74, 6) is 1.86. The predicted octanol–water partition coefficient (Wildman–Crippen LogP) is 4.96. The van der Waals surface area contributed by atoms with E-state index in [2.05, 4.69) is 24.3 Å². The minimum Gasteiger partial charge on any atom is -0.454 e. The van der Waals surface area contributed by atoms with Crippen LogP contribution in [0, 0.1) is 0 Å². The maximum Gasteiger partial charge on any atom is 0.231 e. The van der Waals surface area contributed by atoms with E-state index in [-0.39, 0.29) is 5.78 Å². The molecule has 2 aromatic carbocycles. The summed E-state index contributed by atoms with van der Waals surface area (Å²) in [7, 11) is 0. The van der Waals surface area contributed by atoms with Gasteiger partial charge in [-0.1, -0.05) is 43.2 Å². The molecule has 0 atom stereocenters. The van der Waals surface area contributed by atoms with Crippen LogP contribution in [-0.4, -0.2) is 12.6 Å². The molecular weight excluding hydrogens is 300 g/mol. The van der Waals surface area contributed by atoms with E-state index in [1.165, 1.54) is 36.8 Å². The highest BCUT2D eigenvalue weighted by atomic mass is 16.7. The van der Waals surface area contributed by atoms with Crippen LogP contribution in [0.3, 0.4) is 0 Å². The van der Waals surface area contributed by atoms with Crippen LogP contribution in [0.5, 0.6) is 11.5 Å². The molecular formula is C21H24O3. The van der Waals surface area contributed by atoms with Crippen molar-refractivity contribution in [2.75, 3.05) is 6.79 Å². The standard InChI is InChI=1S/C21H24O3/c1-16(22)19-11-8-17(9-12-19)6-4-2-3-5-7-18-10-13-20-21(14-18)24-15-23-20/h8-14H,2-7,15H2,1H3. The van der Waals surface area contributed by atoms with Gasteiger partial charge in [-0.05, 0) is 55.9 Å². The van der Waals surface area contributed by atoms with Gasteiger partial charge in [-0.25, -0.2) is 0 Å². The molecule has 2 aromatic rings. The molecule has 3 rings (SSSR count). The second-order valence-corrected chi connectivity index (χ2v) is 6.35. The summed E-state index contributed by atoms with van der Waals surface area (Å²) in [6.45, 7) is 1.95. The third-order valence-electron chi connectivity index (χ3n) is 4.48. The van der Waals surface area contributed by atoms with Gasteiger partial charge in [0.25, 0.3) is 0 Å². The van der Waals surface area contributed by atoms with Crippen molar-refractivity contribution in [2.45, 2.75) is 45.4 Å². The first kappa shape index (κ1) is 16.6. The molecule has 0 amide bonds. The minimum absolute atomic E-state index is 0.130. The maximum atomic E-state index is 11.3. The number of fused-ring (bicyclic) bond motifs is 1. The Balaban J connectivity index is 1.33. The van der Waals surface area contributed by atoms with Crippen LogP contribution < -0.4 is 9.47 Å². The van der Waals surface area contributed by atoms with Gasteiger partial charge in [-0.3, -0.25) is 4.79 Å². The highest BCUT2D eigenvalue weighted by Gasteiger charge is 2.12. The van der Waals surface area contributed by atoms with Crippen molar-refractivity contribution in [1.29, 1.82) is 0 Å². The Morgan fingerprint density at radius 3 is 2.17 bits per heavy atom. The normalized spacial score (nSPS) is 12.4. The lowest BCUT2D eigenvalue weighted by molar-refractivity contribution is 0.101. The first-order valence-electron chi connectivity index (χ1n) is 8.71. The van der Waals surface area contributed by atoms with Crippen LogP contribution in [0.25, 0.3) is 0 Å². The molecule has 0 radical (unpaired) electrons. The van der Waals surface area contributed by atoms with Crippen molar-refractivity contribution in [3.05, 3.63) is 59.2 Å². The van der Waals surface area contributed by atoms with Gasteiger partial charge >= 0.3 is 0 Å². The number of Topliss-reactive ketones (excluding diaryl/α,β-unsaturated/α-hetero) is 1. The Labute approximate surface area is 143 Å². The molecule has 0 bridgehead atoms. The Kier molecular flexibility index (Phi) is 5.52. The van der Waals surface area contributed by atoms with E-state index in [9.17, 15) is 4.79 Å². The number of aryl methyl sites for hydroxylation is 2. The first-order chi connectivity index (χ1) is 11.7. The number of ketones is 1. The Morgan fingerprint density at radius 1 is 0.833 bits per heavy atom. The Bertz CT molecular complexity index is 689. The molecule has 3 nitrogen and oxygen atoms in total. The minimum atomic E-state index is 0.130. The number of benzene rings is 2. The quantitative estimate of drug-likeness (QED) is 0.508. The molecule has 0 spiro atoms. The number of carbonyl (C=O) groups excluding carboxylic acids is 1. The van der Waals surface area contributed by atoms with E-state index in [0.29, 0.717) is 6.79 Å². The third-order valence-corrected chi connectivity index (χ3v) is 4.48. The molecule has 126 valence electrons. The van der Waals surface area contributed by atoms with Crippen molar-refractivity contribution >= 4 is 5.78 Å². The van der Waals surface area contributed by atoms with Crippen molar-refractivity contribution in [2.24, 2.45) is 0 Å². The molecule has 0 unspecified atom stereocenters. The van der Waals surface area contributed by atoms with Gasteiger partial charge in [0, 0.05) is 5.56 Å². The van der Waals surface area contributed by atoms with E-state index in [4.69, 9.17) is 9.47 Å². The number of carbonyl (C=O) groups is 1. The zero-order valence-corrected chi connectivity index (χ0v) is 14.2. The molecule has 1 aliphatic heterocycles. The number of ether oxygens (including phenoxy) is 2. The van der Waals surface area contributed by atoms with Crippen LogP contribution in [0.2, 0.25) is 0 Å². The van der Waals surface area contributed by atoms with Crippen LogP contribution in [0.4, 0.5) is 0 Å². The summed E-state index contributed by atoms with van der Waals surface area (Å²) in [5, 5.41) is 0.